The molecule has 1 aliphatic rings. The summed E-state index contributed by atoms with van der Waals surface area (Å²) in [6.07, 6.45) is 3.49. The Bertz CT molecular complexity index is 609. The standard InChI is InChI=1S/C14H19N5O/c1-9-3-5-11(7-9)19-14(16-17-18-19)10-4-6-12(15)13(8-10)20-2/h4,6,8-9,11H,3,5,7,15H2,1-2H3. The molecule has 0 spiro atoms. The summed E-state index contributed by atoms with van der Waals surface area (Å²) in [4.78, 5) is 0. The normalized spacial score (nSPS) is 22.1. The number of nitrogens with two attached hydrogens (primary N) is 1. The summed E-state index contributed by atoms with van der Waals surface area (Å²) in [6, 6.07) is 6.03. The summed E-state index contributed by atoms with van der Waals surface area (Å²) in [6.45, 7) is 2.27. The fourth-order valence-corrected chi connectivity index (χ4v) is 2.88. The molecular weight excluding hydrogens is 254 g/mol. The molecule has 0 amide bonds. The lowest BCUT2D eigenvalue weighted by molar-refractivity contribution is 0.417. The van der Waals surface area contributed by atoms with Gasteiger partial charge < -0.3 is 10.5 Å². The minimum atomic E-state index is 0.388. The predicted octanol–water partition coefficient (Wildman–Crippen LogP) is 2.29. The van der Waals surface area contributed by atoms with Crippen LogP contribution in [0.4, 0.5) is 5.69 Å². The van der Waals surface area contributed by atoms with Crippen LogP contribution >= 0.6 is 0 Å². The summed E-state index contributed by atoms with van der Waals surface area (Å²) < 4.78 is 7.20. The minimum Gasteiger partial charge on any atom is -0.495 e. The predicted molar refractivity (Wildman–Crippen MR) is 76.3 cm³/mol. The van der Waals surface area contributed by atoms with Crippen molar-refractivity contribution in [2.24, 2.45) is 5.92 Å². The van der Waals surface area contributed by atoms with Gasteiger partial charge in [0.05, 0.1) is 18.8 Å². The Morgan fingerprint density at radius 1 is 1.35 bits per heavy atom. The molecule has 1 heterocycles. The van der Waals surface area contributed by atoms with Crippen molar-refractivity contribution >= 4 is 5.69 Å². The van der Waals surface area contributed by atoms with E-state index in [2.05, 4.69) is 22.4 Å². The first-order valence-electron chi connectivity index (χ1n) is 6.90. The van der Waals surface area contributed by atoms with Crippen LogP contribution in [0.25, 0.3) is 11.4 Å². The van der Waals surface area contributed by atoms with E-state index >= 15 is 0 Å². The molecule has 0 bridgehead atoms. The van der Waals surface area contributed by atoms with Crippen LogP contribution in [0.15, 0.2) is 18.2 Å². The molecule has 1 fully saturated rings. The van der Waals surface area contributed by atoms with Crippen LogP contribution in [0.3, 0.4) is 0 Å². The highest BCUT2D eigenvalue weighted by Gasteiger charge is 2.26. The molecule has 1 saturated carbocycles. The lowest BCUT2D eigenvalue weighted by Crippen LogP contribution is -2.09. The number of hydrogen-bond acceptors (Lipinski definition) is 5. The molecule has 106 valence electrons. The molecular formula is C14H19N5O. The van der Waals surface area contributed by atoms with Crippen LogP contribution in [0, 0.1) is 5.92 Å². The van der Waals surface area contributed by atoms with Crippen molar-refractivity contribution in [1.29, 1.82) is 0 Å². The number of anilines is 1. The second-order valence-corrected chi connectivity index (χ2v) is 5.48. The zero-order valence-corrected chi connectivity index (χ0v) is 11.8. The highest BCUT2D eigenvalue weighted by atomic mass is 16.5. The Morgan fingerprint density at radius 3 is 2.90 bits per heavy atom. The largest absolute Gasteiger partial charge is 0.495 e. The van der Waals surface area contributed by atoms with Gasteiger partial charge in [-0.05, 0) is 53.8 Å². The number of nitrogens with zero attached hydrogens (tertiary/aromatic N) is 4. The average molecular weight is 273 g/mol. The number of hydrogen-bond donors (Lipinski definition) is 1. The maximum absolute atomic E-state index is 5.85. The van der Waals surface area contributed by atoms with Crippen molar-refractivity contribution < 1.29 is 4.74 Å². The van der Waals surface area contributed by atoms with Crippen molar-refractivity contribution in [3.8, 4) is 17.1 Å². The summed E-state index contributed by atoms with van der Waals surface area (Å²) in [7, 11) is 1.61. The van der Waals surface area contributed by atoms with Gasteiger partial charge in [0.25, 0.3) is 0 Å². The van der Waals surface area contributed by atoms with Gasteiger partial charge in [-0.25, -0.2) is 4.68 Å². The van der Waals surface area contributed by atoms with E-state index < -0.39 is 0 Å². The summed E-state index contributed by atoms with van der Waals surface area (Å²) >= 11 is 0. The molecule has 2 atom stereocenters. The molecule has 0 radical (unpaired) electrons. The van der Waals surface area contributed by atoms with Gasteiger partial charge in [-0.2, -0.15) is 0 Å². The Morgan fingerprint density at radius 2 is 2.20 bits per heavy atom. The van der Waals surface area contributed by atoms with Gasteiger partial charge in [-0.1, -0.05) is 6.92 Å². The van der Waals surface area contributed by atoms with Crippen LogP contribution in [0.2, 0.25) is 0 Å². The molecule has 6 nitrogen and oxygen atoms in total. The zero-order chi connectivity index (χ0) is 14.1. The third-order valence-electron chi connectivity index (χ3n) is 4.00. The first kappa shape index (κ1) is 12.9. The lowest BCUT2D eigenvalue weighted by Gasteiger charge is -2.13. The molecule has 3 rings (SSSR count). The molecule has 1 aliphatic carbocycles. The fourth-order valence-electron chi connectivity index (χ4n) is 2.88. The highest BCUT2D eigenvalue weighted by Crippen LogP contribution is 2.36. The van der Waals surface area contributed by atoms with Crippen LogP contribution in [-0.4, -0.2) is 27.3 Å². The molecule has 0 saturated heterocycles. The Kier molecular flexibility index (Phi) is 3.30. The number of rotatable bonds is 3. The first-order chi connectivity index (χ1) is 9.69. The fraction of sp³-hybridized carbons (Fsp3) is 0.500. The lowest BCUT2D eigenvalue weighted by atomic mass is 10.1. The monoisotopic (exact) mass is 273 g/mol. The average Bonchev–Trinajstić information content (AvgIpc) is 3.07. The zero-order valence-electron chi connectivity index (χ0n) is 11.8. The van der Waals surface area contributed by atoms with E-state index in [-0.39, 0.29) is 0 Å². The highest BCUT2D eigenvalue weighted by molar-refractivity contribution is 5.65. The van der Waals surface area contributed by atoms with E-state index in [1.54, 1.807) is 7.11 Å². The third-order valence-corrected chi connectivity index (χ3v) is 4.00. The van der Waals surface area contributed by atoms with Gasteiger partial charge in [-0.3, -0.25) is 0 Å². The second-order valence-electron chi connectivity index (χ2n) is 5.48. The molecule has 1 aromatic heterocycles. The van der Waals surface area contributed by atoms with Gasteiger partial charge in [0.15, 0.2) is 5.82 Å². The Balaban J connectivity index is 1.97. The Labute approximate surface area is 117 Å². The maximum Gasteiger partial charge on any atom is 0.182 e. The first-order valence-corrected chi connectivity index (χ1v) is 6.90. The van der Waals surface area contributed by atoms with E-state index in [1.807, 2.05) is 22.9 Å². The van der Waals surface area contributed by atoms with E-state index in [0.29, 0.717) is 17.5 Å². The molecule has 2 N–H and O–H groups in total. The number of benzene rings is 1. The van der Waals surface area contributed by atoms with Gasteiger partial charge in [0.2, 0.25) is 0 Å². The number of tetrazole rings is 1. The van der Waals surface area contributed by atoms with Crippen molar-refractivity contribution in [2.45, 2.75) is 32.2 Å². The molecule has 20 heavy (non-hydrogen) atoms. The SMILES string of the molecule is COc1cc(-c2nnnn2C2CCC(C)C2)ccc1N. The van der Waals surface area contributed by atoms with Crippen LogP contribution in [-0.2, 0) is 0 Å². The maximum atomic E-state index is 5.85. The second kappa shape index (κ2) is 5.11. The number of nitrogen functional groups attached to an aromatic ring is 1. The molecule has 2 aromatic rings. The third kappa shape index (κ3) is 2.21. The van der Waals surface area contributed by atoms with E-state index in [4.69, 9.17) is 10.5 Å². The van der Waals surface area contributed by atoms with E-state index in [9.17, 15) is 0 Å². The van der Waals surface area contributed by atoms with Crippen LogP contribution in [0.5, 0.6) is 5.75 Å². The quantitative estimate of drug-likeness (QED) is 0.868. The number of aromatic nitrogens is 4. The smallest absolute Gasteiger partial charge is 0.182 e. The number of ether oxygens (including phenoxy) is 1. The molecule has 2 unspecified atom stereocenters. The summed E-state index contributed by atoms with van der Waals surface area (Å²) in [5.74, 6) is 2.16. The molecule has 0 aliphatic heterocycles. The number of methoxy groups -OCH3 is 1. The van der Waals surface area contributed by atoms with Crippen LogP contribution in [0.1, 0.15) is 32.2 Å². The van der Waals surface area contributed by atoms with Crippen molar-refractivity contribution in [3.63, 3.8) is 0 Å². The van der Waals surface area contributed by atoms with Gasteiger partial charge >= 0.3 is 0 Å². The molecule has 6 heteroatoms. The van der Waals surface area contributed by atoms with E-state index in [0.717, 1.165) is 30.1 Å². The summed E-state index contributed by atoms with van der Waals surface area (Å²) in [5, 5.41) is 12.2. The van der Waals surface area contributed by atoms with Crippen molar-refractivity contribution in [3.05, 3.63) is 18.2 Å². The van der Waals surface area contributed by atoms with Crippen molar-refractivity contribution in [2.75, 3.05) is 12.8 Å². The Hall–Kier alpha value is -2.11. The minimum absolute atomic E-state index is 0.388. The topological polar surface area (TPSA) is 78.9 Å². The summed E-state index contributed by atoms with van der Waals surface area (Å²) in [5.41, 5.74) is 7.39. The van der Waals surface area contributed by atoms with Gasteiger partial charge in [0.1, 0.15) is 5.75 Å². The van der Waals surface area contributed by atoms with Crippen molar-refractivity contribution in [1.82, 2.24) is 20.2 Å². The molecule has 1 aromatic carbocycles. The van der Waals surface area contributed by atoms with Gasteiger partial charge in [-0.15, -0.1) is 5.10 Å². The van der Waals surface area contributed by atoms with E-state index in [1.165, 1.54) is 6.42 Å². The van der Waals surface area contributed by atoms with Gasteiger partial charge in [0, 0.05) is 5.56 Å². The van der Waals surface area contributed by atoms with Crippen LogP contribution < -0.4 is 10.5 Å².